The van der Waals surface area contributed by atoms with Gasteiger partial charge in [-0.25, -0.2) is 13.9 Å². The van der Waals surface area contributed by atoms with Gasteiger partial charge in [-0.1, -0.05) is 23.9 Å². The molecule has 8 heteroatoms. The van der Waals surface area contributed by atoms with Crippen LogP contribution in [-0.2, 0) is 10.5 Å². The number of benzene rings is 2. The summed E-state index contributed by atoms with van der Waals surface area (Å²) in [6, 6.07) is 13.0. The molecule has 1 aromatic heterocycles. The van der Waals surface area contributed by atoms with E-state index in [1.165, 1.54) is 35.7 Å². The summed E-state index contributed by atoms with van der Waals surface area (Å²) in [4.78, 5) is 11.6. The van der Waals surface area contributed by atoms with Gasteiger partial charge in [0.2, 0.25) is 5.16 Å². The molecule has 6 nitrogen and oxygen atoms in total. The maximum Gasteiger partial charge on any atom is 0.337 e. The molecule has 0 saturated carbocycles. The van der Waals surface area contributed by atoms with Crippen LogP contribution in [0, 0.1) is 5.82 Å². The molecule has 0 bridgehead atoms. The molecule has 0 fully saturated rings. The van der Waals surface area contributed by atoms with Gasteiger partial charge in [-0.15, -0.1) is 10.2 Å². The highest BCUT2D eigenvalue weighted by Gasteiger charge is 2.13. The molecule has 0 saturated heterocycles. The Labute approximate surface area is 147 Å². The Balaban J connectivity index is 1.74. The van der Waals surface area contributed by atoms with Crippen molar-refractivity contribution in [3.63, 3.8) is 0 Å². The Morgan fingerprint density at radius 1 is 1.24 bits per heavy atom. The van der Waals surface area contributed by atoms with E-state index >= 15 is 0 Å². The van der Waals surface area contributed by atoms with Gasteiger partial charge >= 0.3 is 5.97 Å². The normalized spacial score (nSPS) is 10.6. The summed E-state index contributed by atoms with van der Waals surface area (Å²) in [5.41, 5.74) is 2.09. The lowest BCUT2D eigenvalue weighted by Gasteiger charge is -2.05. The summed E-state index contributed by atoms with van der Waals surface area (Å²) in [5.74, 6) is 6.34. The highest BCUT2D eigenvalue weighted by Crippen LogP contribution is 2.24. The number of esters is 1. The van der Waals surface area contributed by atoms with Crippen LogP contribution in [-0.4, -0.2) is 28.0 Å². The minimum Gasteiger partial charge on any atom is -0.465 e. The third-order valence-electron chi connectivity index (χ3n) is 3.48. The largest absolute Gasteiger partial charge is 0.465 e. The lowest BCUT2D eigenvalue weighted by Crippen LogP contribution is -2.11. The summed E-state index contributed by atoms with van der Waals surface area (Å²) >= 11 is 1.38. The van der Waals surface area contributed by atoms with E-state index in [2.05, 4.69) is 10.2 Å². The summed E-state index contributed by atoms with van der Waals surface area (Å²) in [6.07, 6.45) is 0. The van der Waals surface area contributed by atoms with Crippen molar-refractivity contribution in [2.45, 2.75) is 10.9 Å². The molecular weight excluding hydrogens is 343 g/mol. The number of carbonyl (C=O) groups excluding carboxylic acids is 1. The number of aromatic nitrogens is 3. The molecule has 3 aromatic rings. The predicted molar refractivity (Wildman–Crippen MR) is 92.9 cm³/mol. The monoisotopic (exact) mass is 358 g/mol. The predicted octanol–water partition coefficient (Wildman–Crippen LogP) is 2.88. The number of carbonyl (C=O) groups is 1. The van der Waals surface area contributed by atoms with Crippen molar-refractivity contribution in [3.8, 4) is 11.4 Å². The molecule has 3 rings (SSSR count). The van der Waals surface area contributed by atoms with E-state index in [4.69, 9.17) is 10.6 Å². The number of nitrogens with zero attached hydrogens (tertiary/aromatic N) is 3. The van der Waals surface area contributed by atoms with E-state index in [0.717, 1.165) is 5.56 Å². The minimum absolute atomic E-state index is 0.327. The number of nitrogens with two attached hydrogens (primary N) is 1. The lowest BCUT2D eigenvalue weighted by atomic mass is 10.1. The molecule has 2 aromatic carbocycles. The number of hydrogen-bond acceptors (Lipinski definition) is 6. The summed E-state index contributed by atoms with van der Waals surface area (Å²) < 4.78 is 19.1. The van der Waals surface area contributed by atoms with Gasteiger partial charge in [-0.3, -0.25) is 0 Å². The number of thioether (sulfide) groups is 1. The van der Waals surface area contributed by atoms with Crippen molar-refractivity contribution in [3.05, 3.63) is 65.5 Å². The van der Waals surface area contributed by atoms with Crippen molar-refractivity contribution >= 4 is 17.7 Å². The number of rotatable bonds is 5. The summed E-state index contributed by atoms with van der Waals surface area (Å²) in [6.45, 7) is 0. The Kier molecular flexibility index (Phi) is 4.99. The van der Waals surface area contributed by atoms with Crippen LogP contribution in [0.4, 0.5) is 4.39 Å². The maximum absolute atomic E-state index is 13.0. The van der Waals surface area contributed by atoms with Crippen molar-refractivity contribution in [1.82, 2.24) is 14.9 Å². The van der Waals surface area contributed by atoms with Crippen molar-refractivity contribution < 1.29 is 13.9 Å². The molecule has 0 aliphatic carbocycles. The molecule has 1 heterocycles. The molecule has 0 spiro atoms. The Morgan fingerprint density at radius 2 is 2.00 bits per heavy atom. The first kappa shape index (κ1) is 17.0. The maximum atomic E-state index is 13.0. The van der Waals surface area contributed by atoms with Crippen LogP contribution in [0.15, 0.2) is 53.7 Å². The first-order valence-corrected chi connectivity index (χ1v) is 8.33. The molecule has 0 radical (unpaired) electrons. The molecule has 0 aliphatic heterocycles. The first-order valence-electron chi connectivity index (χ1n) is 7.35. The van der Waals surface area contributed by atoms with E-state index < -0.39 is 0 Å². The van der Waals surface area contributed by atoms with Crippen LogP contribution < -0.4 is 5.84 Å². The number of ether oxygens (including phenoxy) is 1. The molecule has 0 atom stereocenters. The lowest BCUT2D eigenvalue weighted by molar-refractivity contribution is 0.0600. The number of halogens is 1. The van der Waals surface area contributed by atoms with Gasteiger partial charge in [0.05, 0.1) is 12.7 Å². The fourth-order valence-electron chi connectivity index (χ4n) is 2.23. The average Bonchev–Trinajstić information content (AvgIpc) is 3.01. The zero-order valence-corrected chi connectivity index (χ0v) is 14.2. The van der Waals surface area contributed by atoms with Gasteiger partial charge in [0.25, 0.3) is 0 Å². The molecule has 2 N–H and O–H groups in total. The second-order valence-electron chi connectivity index (χ2n) is 5.16. The number of nitrogen functional groups attached to an aromatic ring is 1. The van der Waals surface area contributed by atoms with E-state index in [1.54, 1.807) is 30.3 Å². The Hall–Kier alpha value is -2.87. The van der Waals surface area contributed by atoms with E-state index in [-0.39, 0.29) is 11.8 Å². The number of methoxy groups -OCH3 is 1. The zero-order valence-electron chi connectivity index (χ0n) is 13.3. The summed E-state index contributed by atoms with van der Waals surface area (Å²) in [7, 11) is 1.34. The third-order valence-corrected chi connectivity index (χ3v) is 4.50. The third kappa shape index (κ3) is 3.80. The van der Waals surface area contributed by atoms with Gasteiger partial charge in [0.1, 0.15) is 5.82 Å². The first-order chi connectivity index (χ1) is 12.1. The zero-order chi connectivity index (χ0) is 17.8. The van der Waals surface area contributed by atoms with Crippen LogP contribution in [0.1, 0.15) is 15.9 Å². The van der Waals surface area contributed by atoms with Crippen molar-refractivity contribution in [2.24, 2.45) is 0 Å². The fraction of sp³-hybridized carbons (Fsp3) is 0.118. The van der Waals surface area contributed by atoms with Gasteiger partial charge in [-0.05, 0) is 42.0 Å². The Morgan fingerprint density at radius 3 is 2.72 bits per heavy atom. The van der Waals surface area contributed by atoms with Crippen LogP contribution in [0.3, 0.4) is 0 Å². The van der Waals surface area contributed by atoms with Crippen LogP contribution in [0.5, 0.6) is 0 Å². The highest BCUT2D eigenvalue weighted by atomic mass is 32.2. The highest BCUT2D eigenvalue weighted by molar-refractivity contribution is 7.98. The van der Waals surface area contributed by atoms with Gasteiger partial charge < -0.3 is 10.6 Å². The second kappa shape index (κ2) is 7.35. The van der Waals surface area contributed by atoms with E-state index in [0.29, 0.717) is 27.9 Å². The molecule has 0 amide bonds. The molecular formula is C17H15FN4O2S. The smallest absolute Gasteiger partial charge is 0.337 e. The molecule has 0 unspecified atom stereocenters. The standard InChI is InChI=1S/C17H15FN4O2S/c1-24-16(23)13-4-2-3-11(9-13)10-25-17-21-20-15(22(17)19)12-5-7-14(18)8-6-12/h2-9H,10,19H2,1H3. The van der Waals surface area contributed by atoms with Crippen molar-refractivity contribution in [2.75, 3.05) is 13.0 Å². The quantitative estimate of drug-likeness (QED) is 0.429. The van der Waals surface area contributed by atoms with Crippen LogP contribution in [0.25, 0.3) is 11.4 Å². The van der Waals surface area contributed by atoms with Gasteiger partial charge in [0.15, 0.2) is 5.82 Å². The molecule has 128 valence electrons. The van der Waals surface area contributed by atoms with Crippen molar-refractivity contribution in [1.29, 1.82) is 0 Å². The number of hydrogen-bond donors (Lipinski definition) is 1. The topological polar surface area (TPSA) is 83.0 Å². The summed E-state index contributed by atoms with van der Waals surface area (Å²) in [5, 5.41) is 8.64. The van der Waals surface area contributed by atoms with Crippen LogP contribution in [0.2, 0.25) is 0 Å². The molecule has 25 heavy (non-hydrogen) atoms. The fourth-order valence-corrected chi connectivity index (χ4v) is 3.02. The Bertz CT molecular complexity index is 896. The van der Waals surface area contributed by atoms with E-state index in [9.17, 15) is 9.18 Å². The average molecular weight is 358 g/mol. The minimum atomic E-state index is -0.382. The second-order valence-corrected chi connectivity index (χ2v) is 6.11. The van der Waals surface area contributed by atoms with E-state index in [1.807, 2.05) is 6.07 Å². The van der Waals surface area contributed by atoms with Gasteiger partial charge in [-0.2, -0.15) is 0 Å². The SMILES string of the molecule is COC(=O)c1cccc(CSc2nnc(-c3ccc(F)cc3)n2N)c1. The molecule has 0 aliphatic rings. The van der Waals surface area contributed by atoms with Crippen LogP contribution >= 0.6 is 11.8 Å². The van der Waals surface area contributed by atoms with Gasteiger partial charge in [0, 0.05) is 11.3 Å².